The molecular formula is C51H32N4O. The van der Waals surface area contributed by atoms with E-state index in [-0.39, 0.29) is 34.4 Å². The fourth-order valence-electron chi connectivity index (χ4n) is 7.53. The molecule has 3 heterocycles. The normalized spacial score (nSPS) is 14.1. The van der Waals surface area contributed by atoms with E-state index in [0.717, 1.165) is 27.4 Å². The molecule has 0 saturated heterocycles. The Bertz CT molecular complexity index is 3720. The number of nitrogens with zero attached hydrogens (tertiary/aromatic N) is 4. The van der Waals surface area contributed by atoms with Crippen molar-refractivity contribution in [3.63, 3.8) is 0 Å². The van der Waals surface area contributed by atoms with Gasteiger partial charge in [0, 0.05) is 49.5 Å². The fraction of sp³-hybridized carbons (Fsp3) is 0. The molecule has 0 atom stereocenters. The highest BCUT2D eigenvalue weighted by molar-refractivity contribution is 6.17. The van der Waals surface area contributed by atoms with Gasteiger partial charge in [-0.2, -0.15) is 0 Å². The highest BCUT2D eigenvalue weighted by Crippen LogP contribution is 2.43. The quantitative estimate of drug-likeness (QED) is 0.171. The summed E-state index contributed by atoms with van der Waals surface area (Å²) in [5.41, 5.74) is 5.36. The van der Waals surface area contributed by atoms with Gasteiger partial charge in [-0.15, -0.1) is 0 Å². The highest BCUT2D eigenvalue weighted by Gasteiger charge is 2.22. The maximum atomic E-state index is 9.16. The zero-order valence-electron chi connectivity index (χ0n) is 39.4. The van der Waals surface area contributed by atoms with Crippen LogP contribution in [0.3, 0.4) is 0 Å². The van der Waals surface area contributed by atoms with Crippen molar-refractivity contribution < 1.29 is 18.1 Å². The van der Waals surface area contributed by atoms with Crippen LogP contribution in [0.25, 0.3) is 106 Å². The molecule has 0 aliphatic rings. The van der Waals surface area contributed by atoms with Gasteiger partial charge in [0.25, 0.3) is 0 Å². The van der Waals surface area contributed by atoms with Crippen LogP contribution in [0.4, 0.5) is 0 Å². The maximum Gasteiger partial charge on any atom is 0.164 e. The SMILES string of the molecule is [2H]c1c([2H])c([2H])c(-c2ccc3c4ccccc4n(-c4cc(-c5c([2H])c([2H])c([2H])c([2H])c5[2H])c5oc6cccc(-c7nc(-c8ccccc8)nc(-c8ccccc8)n7)c6c5c4)c3c2)c([2H])c1[2H]. The van der Waals surface area contributed by atoms with Crippen molar-refractivity contribution in [2.24, 2.45) is 0 Å². The summed E-state index contributed by atoms with van der Waals surface area (Å²) in [5, 5.41) is 2.80. The summed E-state index contributed by atoms with van der Waals surface area (Å²) in [7, 11) is 0. The van der Waals surface area contributed by atoms with E-state index >= 15 is 0 Å². The predicted molar refractivity (Wildman–Crippen MR) is 229 cm³/mol. The van der Waals surface area contributed by atoms with Gasteiger partial charge in [-0.1, -0.05) is 164 Å². The third-order valence-corrected chi connectivity index (χ3v) is 10.0. The molecule has 0 spiro atoms. The molecule has 11 rings (SSSR count). The van der Waals surface area contributed by atoms with E-state index in [1.165, 1.54) is 0 Å². The molecule has 0 aliphatic carbocycles. The summed E-state index contributed by atoms with van der Waals surface area (Å²) in [6.45, 7) is 0. The molecule has 56 heavy (non-hydrogen) atoms. The van der Waals surface area contributed by atoms with E-state index in [0.29, 0.717) is 56.2 Å². The van der Waals surface area contributed by atoms with Crippen molar-refractivity contribution in [2.45, 2.75) is 0 Å². The summed E-state index contributed by atoms with van der Waals surface area (Å²) in [4.78, 5) is 15.0. The van der Waals surface area contributed by atoms with E-state index in [1.807, 2.05) is 114 Å². The first-order valence-corrected chi connectivity index (χ1v) is 18.0. The van der Waals surface area contributed by atoms with Gasteiger partial charge < -0.3 is 8.98 Å². The third-order valence-electron chi connectivity index (χ3n) is 10.0. The van der Waals surface area contributed by atoms with Crippen molar-refractivity contribution in [3.8, 4) is 62.1 Å². The number of fused-ring (bicyclic) bond motifs is 6. The molecule has 0 bridgehead atoms. The largest absolute Gasteiger partial charge is 0.455 e. The Morgan fingerprint density at radius 1 is 0.429 bits per heavy atom. The molecule has 0 radical (unpaired) electrons. The summed E-state index contributed by atoms with van der Waals surface area (Å²) >= 11 is 0. The molecule has 0 amide bonds. The van der Waals surface area contributed by atoms with Crippen LogP contribution in [-0.2, 0) is 0 Å². The standard InChI is InChI=1S/C51H32N4O/c1-5-16-33(17-6-1)37-28-29-40-39-24-13-14-26-44(39)55(45(40)30-37)38-31-42(34-18-7-2-8-19-34)48-43(32-38)47-41(25-15-27-46(47)56-48)51-53-49(35-20-9-3-10-21-35)52-50(54-51)36-22-11-4-12-23-36/h1-32H/i1D,2D,5D,6D,7D,8D,16D,17D,18D,19D. The van der Waals surface area contributed by atoms with Gasteiger partial charge in [0.2, 0.25) is 0 Å². The highest BCUT2D eigenvalue weighted by atomic mass is 16.3. The maximum absolute atomic E-state index is 9.16. The van der Waals surface area contributed by atoms with E-state index < -0.39 is 48.3 Å². The predicted octanol–water partition coefficient (Wildman–Crippen LogP) is 13.2. The minimum absolute atomic E-state index is 0.0440. The average Bonchev–Trinajstić information content (AvgIpc) is 3.90. The van der Waals surface area contributed by atoms with E-state index in [2.05, 4.69) is 0 Å². The van der Waals surface area contributed by atoms with Crippen molar-refractivity contribution in [1.82, 2.24) is 19.5 Å². The summed E-state index contributed by atoms with van der Waals surface area (Å²) in [6.07, 6.45) is 0. The molecule has 5 heteroatoms. The molecule has 0 saturated carbocycles. The smallest absolute Gasteiger partial charge is 0.164 e. The van der Waals surface area contributed by atoms with Gasteiger partial charge >= 0.3 is 0 Å². The van der Waals surface area contributed by atoms with Crippen LogP contribution in [0, 0.1) is 0 Å². The van der Waals surface area contributed by atoms with E-state index in [4.69, 9.17) is 33.1 Å². The minimum Gasteiger partial charge on any atom is -0.455 e. The lowest BCUT2D eigenvalue weighted by Gasteiger charge is -2.13. The van der Waals surface area contributed by atoms with Crippen molar-refractivity contribution in [1.29, 1.82) is 0 Å². The van der Waals surface area contributed by atoms with Crippen molar-refractivity contribution >= 4 is 43.7 Å². The lowest BCUT2D eigenvalue weighted by molar-refractivity contribution is 0.670. The average molecular weight is 727 g/mol. The van der Waals surface area contributed by atoms with E-state index in [9.17, 15) is 0 Å². The molecule has 3 aromatic heterocycles. The Labute approximate surface area is 336 Å². The fourth-order valence-corrected chi connectivity index (χ4v) is 7.53. The zero-order valence-corrected chi connectivity index (χ0v) is 29.4. The van der Waals surface area contributed by atoms with Crippen molar-refractivity contribution in [3.05, 3.63) is 194 Å². The summed E-state index contributed by atoms with van der Waals surface area (Å²) < 4.78 is 95.4. The Morgan fingerprint density at radius 2 is 1.05 bits per heavy atom. The first-order chi connectivity index (χ1) is 31.9. The number of furan rings is 1. The van der Waals surface area contributed by atoms with Gasteiger partial charge in [-0.25, -0.2) is 15.0 Å². The first-order valence-electron chi connectivity index (χ1n) is 23.0. The monoisotopic (exact) mass is 726 g/mol. The second-order valence-electron chi connectivity index (χ2n) is 13.3. The number of hydrogen-bond donors (Lipinski definition) is 0. The van der Waals surface area contributed by atoms with Crippen LogP contribution < -0.4 is 0 Å². The first kappa shape index (κ1) is 23.2. The topological polar surface area (TPSA) is 56.7 Å². The van der Waals surface area contributed by atoms with Gasteiger partial charge in [-0.05, 0) is 47.0 Å². The van der Waals surface area contributed by atoms with Crippen molar-refractivity contribution in [2.75, 3.05) is 0 Å². The lowest BCUT2D eigenvalue weighted by Crippen LogP contribution is -2.00. The van der Waals surface area contributed by atoms with Gasteiger partial charge in [-0.3, -0.25) is 0 Å². The third kappa shape index (κ3) is 5.29. The van der Waals surface area contributed by atoms with Crippen LogP contribution >= 0.6 is 0 Å². The van der Waals surface area contributed by atoms with Gasteiger partial charge in [0.05, 0.1) is 24.7 Å². The molecule has 11 aromatic rings. The molecule has 8 aromatic carbocycles. The van der Waals surface area contributed by atoms with Crippen LogP contribution in [0.2, 0.25) is 0 Å². The molecule has 0 N–H and O–H groups in total. The van der Waals surface area contributed by atoms with E-state index in [1.54, 1.807) is 24.3 Å². The molecule has 0 aliphatic heterocycles. The Morgan fingerprint density at radius 3 is 1.77 bits per heavy atom. The molecule has 0 unspecified atom stereocenters. The number of rotatable bonds is 6. The Kier molecular flexibility index (Phi) is 5.41. The number of hydrogen-bond acceptors (Lipinski definition) is 4. The minimum atomic E-state index is -0.533. The van der Waals surface area contributed by atoms with Crippen LogP contribution in [0.15, 0.2) is 198 Å². The molecule has 0 fully saturated rings. The van der Waals surface area contributed by atoms with Crippen LogP contribution in [-0.4, -0.2) is 19.5 Å². The number of aromatic nitrogens is 4. The second-order valence-corrected chi connectivity index (χ2v) is 13.3. The van der Waals surface area contributed by atoms with Gasteiger partial charge in [0.15, 0.2) is 17.5 Å². The molecule has 5 nitrogen and oxygen atoms in total. The zero-order chi connectivity index (χ0) is 45.7. The summed E-state index contributed by atoms with van der Waals surface area (Å²) in [6, 6.07) is 37.0. The van der Waals surface area contributed by atoms with Crippen LogP contribution in [0.1, 0.15) is 13.7 Å². The number of para-hydroxylation sites is 1. The lowest BCUT2D eigenvalue weighted by atomic mass is 9.99. The summed E-state index contributed by atoms with van der Waals surface area (Å²) in [5.74, 6) is 1.25. The molecular weight excluding hydrogens is 685 g/mol. The van der Waals surface area contributed by atoms with Crippen LogP contribution in [0.5, 0.6) is 0 Å². The Hall–Kier alpha value is -7.63. The molecule has 262 valence electrons. The van der Waals surface area contributed by atoms with Gasteiger partial charge in [0.1, 0.15) is 11.2 Å². The second kappa shape index (κ2) is 13.0. The Balaban J connectivity index is 1.26. The number of benzene rings is 8.